The van der Waals surface area contributed by atoms with Crippen molar-refractivity contribution >= 4 is 21.7 Å². The second kappa shape index (κ2) is 8.10. The number of nitrogens with one attached hydrogen (secondary N) is 1. The molecule has 0 amide bonds. The van der Waals surface area contributed by atoms with Crippen molar-refractivity contribution in [3.8, 4) is 0 Å². The molecule has 144 valence electrons. The number of hydrogen-bond acceptors (Lipinski definition) is 4. The highest BCUT2D eigenvalue weighted by molar-refractivity contribution is 7.91. The van der Waals surface area contributed by atoms with Crippen LogP contribution in [0.15, 0.2) is 42.5 Å². The fourth-order valence-electron chi connectivity index (χ4n) is 3.33. The lowest BCUT2D eigenvalue weighted by Gasteiger charge is -2.11. The van der Waals surface area contributed by atoms with Gasteiger partial charge in [-0.15, -0.1) is 0 Å². The van der Waals surface area contributed by atoms with Crippen molar-refractivity contribution in [3.05, 3.63) is 64.7 Å². The molecule has 1 atom stereocenters. The zero-order valence-electron chi connectivity index (χ0n) is 14.9. The Morgan fingerprint density at radius 3 is 2.48 bits per heavy atom. The topological polar surface area (TPSA) is 104 Å². The second-order valence-corrected chi connectivity index (χ2v) is 8.61. The van der Waals surface area contributed by atoms with Gasteiger partial charge >= 0.3 is 5.97 Å². The molecule has 5 rings (SSSR count). The Hall–Kier alpha value is -2.38. The second-order valence-electron chi connectivity index (χ2n) is 6.89. The van der Waals surface area contributed by atoms with Gasteiger partial charge in [0.1, 0.15) is 0 Å². The van der Waals surface area contributed by atoms with E-state index in [4.69, 9.17) is 5.11 Å². The van der Waals surface area contributed by atoms with Crippen molar-refractivity contribution in [2.45, 2.75) is 44.0 Å². The number of aryl methyl sites for hydroxylation is 2. The molecular formula is C20H23NO5S. The van der Waals surface area contributed by atoms with Gasteiger partial charge in [-0.25, -0.2) is 8.42 Å². The highest BCUT2D eigenvalue weighted by Gasteiger charge is 2.16. The van der Waals surface area contributed by atoms with Crippen LogP contribution in [0.3, 0.4) is 0 Å². The number of aliphatic carboxylic acids is 1. The Morgan fingerprint density at radius 1 is 1.07 bits per heavy atom. The average Bonchev–Trinajstić information content (AvgIpc) is 2.97. The van der Waals surface area contributed by atoms with Gasteiger partial charge in [0.25, 0.3) is 0 Å². The number of fused-ring (bicyclic) bond motifs is 5. The molecule has 7 heteroatoms. The first kappa shape index (κ1) is 19.4. The van der Waals surface area contributed by atoms with Crippen molar-refractivity contribution < 1.29 is 23.4 Å². The predicted octanol–water partition coefficient (Wildman–Crippen LogP) is 3.02. The molecule has 2 heterocycles. The number of rotatable bonds is 4. The van der Waals surface area contributed by atoms with Crippen LogP contribution in [-0.4, -0.2) is 24.6 Å². The van der Waals surface area contributed by atoms with E-state index in [2.05, 4.69) is 10.8 Å². The monoisotopic (exact) mass is 389 g/mol. The zero-order valence-corrected chi connectivity index (χ0v) is 15.7. The molecule has 3 N–H and O–H groups in total. The zero-order chi connectivity index (χ0) is 19.4. The quantitative estimate of drug-likeness (QED) is 0.746. The lowest BCUT2D eigenvalue weighted by atomic mass is 10.00. The lowest BCUT2D eigenvalue weighted by Crippen LogP contribution is -2.11. The first-order valence-corrected chi connectivity index (χ1v) is 10.6. The largest absolute Gasteiger partial charge is 0.481 e. The minimum absolute atomic E-state index is 0.0122. The molecule has 2 aliphatic heterocycles. The third kappa shape index (κ3) is 5.30. The number of benzene rings is 2. The molecule has 2 aromatic carbocycles. The maximum atomic E-state index is 11.1. The van der Waals surface area contributed by atoms with E-state index in [0.29, 0.717) is 5.69 Å². The van der Waals surface area contributed by atoms with Crippen LogP contribution >= 0.6 is 0 Å². The fraction of sp³-hybridized carbons (Fsp3) is 0.350. The van der Waals surface area contributed by atoms with Crippen LogP contribution in [0.5, 0.6) is 0 Å². The summed E-state index contributed by atoms with van der Waals surface area (Å²) >= 11 is 0. The number of aliphatic hydroxyl groups excluding tert-OH is 1. The van der Waals surface area contributed by atoms with E-state index in [1.807, 2.05) is 24.3 Å². The highest BCUT2D eigenvalue weighted by atomic mass is 32.2. The van der Waals surface area contributed by atoms with Gasteiger partial charge in [-0.05, 0) is 60.1 Å². The summed E-state index contributed by atoms with van der Waals surface area (Å²) in [6, 6.07) is 13.1. The summed E-state index contributed by atoms with van der Waals surface area (Å²) in [5.74, 6) is -0.774. The van der Waals surface area contributed by atoms with E-state index in [9.17, 15) is 18.3 Å². The summed E-state index contributed by atoms with van der Waals surface area (Å²) in [5.41, 5.74) is 5.01. The molecule has 0 saturated carbocycles. The molecule has 3 aliphatic rings. The lowest BCUT2D eigenvalue weighted by molar-refractivity contribution is -0.137. The number of carboxylic acids is 1. The van der Waals surface area contributed by atoms with Gasteiger partial charge in [0, 0.05) is 12.1 Å². The standard InChI is InChI=1S/C13H16O3.C7H7NO2S/c14-12(6-7-13(15)16)11-5-4-9-2-1-3-10(9)8-11;9-11(10)5-6-1-3-7(8-11)4-2-6/h4-5,8,12,14H,1-3,6-7H2,(H,15,16);1-4,8H,5H2. The maximum absolute atomic E-state index is 11.1. The minimum atomic E-state index is -3.10. The number of carbonyl (C=O) groups is 1. The van der Waals surface area contributed by atoms with E-state index >= 15 is 0 Å². The Balaban J connectivity index is 0.000000166. The van der Waals surface area contributed by atoms with Crippen molar-refractivity contribution in [1.82, 2.24) is 0 Å². The van der Waals surface area contributed by atoms with Crippen LogP contribution in [0, 0.1) is 0 Å². The Labute approximate surface area is 158 Å². The van der Waals surface area contributed by atoms with Crippen LogP contribution in [0.2, 0.25) is 0 Å². The first-order chi connectivity index (χ1) is 12.8. The molecule has 1 unspecified atom stereocenters. The van der Waals surface area contributed by atoms with Crippen LogP contribution < -0.4 is 4.72 Å². The van der Waals surface area contributed by atoms with Crippen LogP contribution in [0.1, 0.15) is 47.6 Å². The van der Waals surface area contributed by atoms with Gasteiger partial charge in [0.15, 0.2) is 0 Å². The molecule has 0 aromatic heterocycles. The molecule has 0 radical (unpaired) electrons. The van der Waals surface area contributed by atoms with Crippen molar-refractivity contribution in [3.63, 3.8) is 0 Å². The number of anilines is 1. The average molecular weight is 389 g/mol. The van der Waals surface area contributed by atoms with E-state index in [-0.39, 0.29) is 18.6 Å². The Kier molecular flexibility index (Phi) is 5.82. The Bertz CT molecular complexity index is 891. The molecule has 27 heavy (non-hydrogen) atoms. The summed E-state index contributed by atoms with van der Waals surface area (Å²) in [7, 11) is -3.10. The predicted molar refractivity (Wildman–Crippen MR) is 103 cm³/mol. The normalized spacial score (nSPS) is 17.1. The maximum Gasteiger partial charge on any atom is 0.303 e. The van der Waals surface area contributed by atoms with Gasteiger partial charge < -0.3 is 10.2 Å². The third-order valence-electron chi connectivity index (χ3n) is 4.72. The fourth-order valence-corrected chi connectivity index (χ4v) is 4.53. The van der Waals surface area contributed by atoms with Gasteiger partial charge in [0.05, 0.1) is 11.9 Å². The molecule has 2 aromatic rings. The van der Waals surface area contributed by atoms with E-state index in [1.54, 1.807) is 12.1 Å². The van der Waals surface area contributed by atoms with E-state index in [0.717, 1.165) is 24.0 Å². The van der Waals surface area contributed by atoms with Gasteiger partial charge in [-0.2, -0.15) is 0 Å². The summed E-state index contributed by atoms with van der Waals surface area (Å²) in [5, 5.41) is 18.4. The van der Waals surface area contributed by atoms with Crippen molar-refractivity contribution in [2.75, 3.05) is 4.72 Å². The first-order valence-electron chi connectivity index (χ1n) is 8.93. The summed E-state index contributed by atoms with van der Waals surface area (Å²) in [4.78, 5) is 10.4. The Morgan fingerprint density at radius 2 is 1.78 bits per heavy atom. The van der Waals surface area contributed by atoms with E-state index in [1.165, 1.54) is 17.5 Å². The summed E-state index contributed by atoms with van der Waals surface area (Å²) in [6.45, 7) is 0. The SMILES string of the molecule is O=C(O)CCC(O)c1ccc2c(c1)CCC2.O=S1(=O)Cc2ccc(cc2)N1. The van der Waals surface area contributed by atoms with E-state index < -0.39 is 22.1 Å². The summed E-state index contributed by atoms with van der Waals surface area (Å²) < 4.78 is 24.6. The number of hydrogen-bond donors (Lipinski definition) is 3. The minimum Gasteiger partial charge on any atom is -0.481 e. The smallest absolute Gasteiger partial charge is 0.303 e. The van der Waals surface area contributed by atoms with Gasteiger partial charge in [-0.3, -0.25) is 9.52 Å². The van der Waals surface area contributed by atoms with Crippen LogP contribution in [0.4, 0.5) is 5.69 Å². The van der Waals surface area contributed by atoms with Gasteiger partial charge in [-0.1, -0.05) is 30.3 Å². The molecule has 0 spiro atoms. The molecule has 0 fully saturated rings. The highest BCUT2D eigenvalue weighted by Crippen LogP contribution is 2.27. The number of carboxylic acid groups (broad SMARTS) is 1. The van der Waals surface area contributed by atoms with Crippen molar-refractivity contribution in [1.29, 1.82) is 0 Å². The molecular weight excluding hydrogens is 366 g/mol. The van der Waals surface area contributed by atoms with Crippen molar-refractivity contribution in [2.24, 2.45) is 0 Å². The molecule has 6 nitrogen and oxygen atoms in total. The number of sulfonamides is 1. The number of aliphatic hydroxyl groups is 1. The van der Waals surface area contributed by atoms with Gasteiger partial charge in [0.2, 0.25) is 10.0 Å². The molecule has 1 aliphatic carbocycles. The molecule has 2 bridgehead atoms. The third-order valence-corrected chi connectivity index (χ3v) is 5.98. The van der Waals surface area contributed by atoms with Crippen LogP contribution in [-0.2, 0) is 33.4 Å². The summed E-state index contributed by atoms with van der Waals surface area (Å²) in [6.07, 6.45) is 3.04. The van der Waals surface area contributed by atoms with Crippen LogP contribution in [0.25, 0.3) is 0 Å². The molecule has 0 saturated heterocycles.